The van der Waals surface area contributed by atoms with Crippen molar-refractivity contribution in [3.05, 3.63) is 65.2 Å². The third-order valence-corrected chi connectivity index (χ3v) is 4.19. The number of carbonyl (C=O) groups is 2. The molecular weight excluding hydrogens is 300 g/mol. The average Bonchev–Trinajstić information content (AvgIpc) is 3.25. The molecule has 1 aliphatic rings. The van der Waals surface area contributed by atoms with Gasteiger partial charge < -0.3 is 10.6 Å². The summed E-state index contributed by atoms with van der Waals surface area (Å²) in [5.74, 6) is -0.132. The van der Waals surface area contributed by atoms with E-state index in [1.165, 1.54) is 5.56 Å². The smallest absolute Gasteiger partial charge is 0.233 e. The predicted octanol–water partition coefficient (Wildman–Crippen LogP) is 3.30. The van der Waals surface area contributed by atoms with Crippen molar-refractivity contribution in [2.24, 2.45) is 0 Å². The molecule has 0 aromatic heterocycles. The van der Waals surface area contributed by atoms with E-state index in [4.69, 9.17) is 0 Å². The van der Waals surface area contributed by atoms with Crippen molar-refractivity contribution in [2.45, 2.75) is 38.6 Å². The molecule has 0 aliphatic heterocycles. The second kappa shape index (κ2) is 6.87. The molecule has 2 aromatic rings. The van der Waals surface area contributed by atoms with Crippen LogP contribution in [0.2, 0.25) is 0 Å². The van der Waals surface area contributed by atoms with Crippen LogP contribution in [0.25, 0.3) is 0 Å². The quantitative estimate of drug-likeness (QED) is 0.830. The minimum absolute atomic E-state index is 0.147. The van der Waals surface area contributed by atoms with Gasteiger partial charge in [0.25, 0.3) is 0 Å². The molecule has 24 heavy (non-hydrogen) atoms. The van der Waals surface area contributed by atoms with Crippen molar-refractivity contribution >= 4 is 17.5 Å². The normalized spacial score (nSPS) is 18.8. The molecule has 2 aromatic carbocycles. The molecule has 0 saturated heterocycles. The highest BCUT2D eigenvalue weighted by molar-refractivity contribution is 6.03. The Balaban J connectivity index is 1.48. The third kappa shape index (κ3) is 4.22. The van der Waals surface area contributed by atoms with Crippen molar-refractivity contribution in [1.82, 2.24) is 5.32 Å². The molecule has 2 atom stereocenters. The summed E-state index contributed by atoms with van der Waals surface area (Å²) in [4.78, 5) is 24.1. The lowest BCUT2D eigenvalue weighted by atomic mass is 10.1. The summed E-state index contributed by atoms with van der Waals surface area (Å²) < 4.78 is 0. The van der Waals surface area contributed by atoms with Gasteiger partial charge in [0.1, 0.15) is 6.42 Å². The van der Waals surface area contributed by atoms with Gasteiger partial charge in [-0.2, -0.15) is 0 Å². The summed E-state index contributed by atoms with van der Waals surface area (Å²) in [5.41, 5.74) is 4.14. The van der Waals surface area contributed by atoms with Crippen LogP contribution < -0.4 is 10.6 Å². The van der Waals surface area contributed by atoms with Crippen LogP contribution in [0.5, 0.6) is 0 Å². The highest BCUT2D eigenvalue weighted by atomic mass is 16.2. The minimum Gasteiger partial charge on any atom is -0.352 e. The summed E-state index contributed by atoms with van der Waals surface area (Å²) >= 11 is 0. The van der Waals surface area contributed by atoms with Crippen LogP contribution in [-0.4, -0.2) is 17.9 Å². The van der Waals surface area contributed by atoms with E-state index >= 15 is 0 Å². The maximum Gasteiger partial charge on any atom is 0.233 e. The van der Waals surface area contributed by atoms with Crippen molar-refractivity contribution < 1.29 is 9.59 Å². The zero-order chi connectivity index (χ0) is 17.1. The zero-order valence-electron chi connectivity index (χ0n) is 14.0. The number of aryl methyl sites for hydroxylation is 2. The predicted molar refractivity (Wildman–Crippen MR) is 94.9 cm³/mol. The van der Waals surface area contributed by atoms with Crippen LogP contribution in [0.3, 0.4) is 0 Å². The molecule has 124 valence electrons. The summed E-state index contributed by atoms with van der Waals surface area (Å²) in [6.45, 7) is 3.96. The Bertz CT molecular complexity index is 735. The molecule has 2 amide bonds. The summed E-state index contributed by atoms with van der Waals surface area (Å²) in [7, 11) is 0. The van der Waals surface area contributed by atoms with Crippen molar-refractivity contribution in [3.63, 3.8) is 0 Å². The third-order valence-electron chi connectivity index (χ3n) is 4.19. The fourth-order valence-corrected chi connectivity index (χ4v) is 3.08. The summed E-state index contributed by atoms with van der Waals surface area (Å²) in [6, 6.07) is 16.1. The van der Waals surface area contributed by atoms with Gasteiger partial charge in [-0.1, -0.05) is 36.4 Å². The molecule has 4 nitrogen and oxygen atoms in total. The van der Waals surface area contributed by atoms with Crippen LogP contribution in [0, 0.1) is 13.8 Å². The number of hydrogen-bond acceptors (Lipinski definition) is 2. The molecule has 1 aliphatic carbocycles. The first-order valence-corrected chi connectivity index (χ1v) is 8.24. The van der Waals surface area contributed by atoms with Gasteiger partial charge in [0.2, 0.25) is 11.8 Å². The molecule has 3 rings (SSSR count). The number of hydrogen-bond donors (Lipinski definition) is 2. The number of benzene rings is 2. The number of anilines is 1. The second-order valence-corrected chi connectivity index (χ2v) is 6.53. The van der Waals surface area contributed by atoms with Gasteiger partial charge in [0.15, 0.2) is 0 Å². The molecule has 0 spiro atoms. The summed E-state index contributed by atoms with van der Waals surface area (Å²) in [6.07, 6.45) is 0.791. The standard InChI is InChI=1S/C20H22N2O2/c1-13-8-14(2)10-16(9-13)21-19(23)12-20(24)22-18-11-17(18)15-6-4-3-5-7-15/h3-10,17-18H,11-12H2,1-2H3,(H,21,23)(H,22,24)/t17-,18+/m0/s1. The van der Waals surface area contributed by atoms with E-state index in [9.17, 15) is 9.59 Å². The van der Waals surface area contributed by atoms with Crippen molar-refractivity contribution in [3.8, 4) is 0 Å². The maximum atomic E-state index is 12.0. The van der Waals surface area contributed by atoms with E-state index in [1.807, 2.05) is 50.2 Å². The Morgan fingerprint density at radius 1 is 1.00 bits per heavy atom. The number of amides is 2. The van der Waals surface area contributed by atoms with E-state index in [-0.39, 0.29) is 24.3 Å². The van der Waals surface area contributed by atoms with Crippen LogP contribution in [-0.2, 0) is 9.59 Å². The van der Waals surface area contributed by atoms with E-state index in [1.54, 1.807) is 0 Å². The van der Waals surface area contributed by atoms with Crippen LogP contribution in [0.15, 0.2) is 48.5 Å². The lowest BCUT2D eigenvalue weighted by molar-refractivity contribution is -0.126. The Morgan fingerprint density at radius 3 is 2.33 bits per heavy atom. The van der Waals surface area contributed by atoms with E-state index < -0.39 is 0 Å². The Hall–Kier alpha value is -2.62. The van der Waals surface area contributed by atoms with Gasteiger partial charge in [-0.05, 0) is 49.1 Å². The second-order valence-electron chi connectivity index (χ2n) is 6.53. The van der Waals surface area contributed by atoms with Crippen LogP contribution in [0.1, 0.15) is 35.4 Å². The highest BCUT2D eigenvalue weighted by Crippen LogP contribution is 2.40. The molecule has 1 saturated carbocycles. The zero-order valence-corrected chi connectivity index (χ0v) is 14.0. The van der Waals surface area contributed by atoms with Crippen molar-refractivity contribution in [2.75, 3.05) is 5.32 Å². The average molecular weight is 322 g/mol. The van der Waals surface area contributed by atoms with E-state index in [0.29, 0.717) is 5.92 Å². The lowest BCUT2D eigenvalue weighted by Crippen LogP contribution is -2.30. The van der Waals surface area contributed by atoms with Gasteiger partial charge in [0.05, 0.1) is 0 Å². The van der Waals surface area contributed by atoms with Gasteiger partial charge >= 0.3 is 0 Å². The molecule has 1 fully saturated rings. The van der Waals surface area contributed by atoms with Gasteiger partial charge in [-0.25, -0.2) is 0 Å². The van der Waals surface area contributed by atoms with Gasteiger partial charge in [0, 0.05) is 17.6 Å². The molecule has 2 N–H and O–H groups in total. The Labute approximate surface area is 142 Å². The fraction of sp³-hybridized carbons (Fsp3) is 0.300. The molecule has 0 heterocycles. The minimum atomic E-state index is -0.283. The first-order valence-electron chi connectivity index (χ1n) is 8.24. The lowest BCUT2D eigenvalue weighted by Gasteiger charge is -2.08. The first kappa shape index (κ1) is 16.2. The SMILES string of the molecule is Cc1cc(C)cc(NC(=O)CC(=O)N[C@@H]2C[C@H]2c2ccccc2)c1. The highest BCUT2D eigenvalue weighted by Gasteiger charge is 2.39. The molecular formula is C20H22N2O2. The molecule has 0 bridgehead atoms. The topological polar surface area (TPSA) is 58.2 Å². The molecule has 4 heteroatoms. The first-order chi connectivity index (χ1) is 11.5. The van der Waals surface area contributed by atoms with Crippen LogP contribution in [0.4, 0.5) is 5.69 Å². The molecule has 0 unspecified atom stereocenters. The largest absolute Gasteiger partial charge is 0.352 e. The Morgan fingerprint density at radius 2 is 1.67 bits per heavy atom. The number of rotatable bonds is 5. The monoisotopic (exact) mass is 322 g/mol. The van der Waals surface area contributed by atoms with Gasteiger partial charge in [-0.3, -0.25) is 9.59 Å². The van der Waals surface area contributed by atoms with Gasteiger partial charge in [-0.15, -0.1) is 0 Å². The van der Waals surface area contributed by atoms with Crippen molar-refractivity contribution in [1.29, 1.82) is 0 Å². The maximum absolute atomic E-state index is 12.0. The Kier molecular flexibility index (Phi) is 4.65. The number of carbonyl (C=O) groups excluding carboxylic acids is 2. The van der Waals surface area contributed by atoms with E-state index in [2.05, 4.69) is 22.8 Å². The summed E-state index contributed by atoms with van der Waals surface area (Å²) in [5, 5.41) is 5.73. The fourth-order valence-electron chi connectivity index (χ4n) is 3.08. The molecule has 0 radical (unpaired) electrons. The number of nitrogens with one attached hydrogen (secondary N) is 2. The van der Waals surface area contributed by atoms with E-state index in [0.717, 1.165) is 23.2 Å². The van der Waals surface area contributed by atoms with Crippen LogP contribution >= 0.6 is 0 Å².